The standard InChI is InChI=1S/C11H19N5O5S2/c1-11(2,3)21-9(18)13-6-5-7(17)14-8-16(4)15-10(22-8)23(12,19)20/h5-6H2,1-4H3,(H,13,18)(H2,12,19,20). The SMILES string of the molecule is Cn1nc(S(N)(=O)=O)sc1=NC(=O)CCNC(=O)OC(C)(C)C. The summed E-state index contributed by atoms with van der Waals surface area (Å²) < 4.78 is 28.2. The molecule has 0 spiro atoms. The molecule has 1 heterocycles. The Morgan fingerprint density at radius 3 is 2.52 bits per heavy atom. The third kappa shape index (κ3) is 6.88. The van der Waals surface area contributed by atoms with Gasteiger partial charge in [-0.25, -0.2) is 23.0 Å². The van der Waals surface area contributed by atoms with Crippen LogP contribution < -0.4 is 15.3 Å². The zero-order chi connectivity index (χ0) is 17.8. The summed E-state index contributed by atoms with van der Waals surface area (Å²) in [5.41, 5.74) is -0.626. The minimum atomic E-state index is -3.94. The second kappa shape index (κ2) is 7.19. The number of carbonyl (C=O) groups excluding carboxylic acids is 2. The van der Waals surface area contributed by atoms with Crippen molar-refractivity contribution in [3.63, 3.8) is 0 Å². The van der Waals surface area contributed by atoms with E-state index >= 15 is 0 Å². The maximum absolute atomic E-state index is 11.7. The van der Waals surface area contributed by atoms with E-state index in [1.807, 2.05) is 0 Å². The molecule has 10 nitrogen and oxygen atoms in total. The summed E-state index contributed by atoms with van der Waals surface area (Å²) in [6.07, 6.45) is -0.702. The van der Waals surface area contributed by atoms with Gasteiger partial charge in [0.2, 0.25) is 15.0 Å². The number of aryl methyl sites for hydroxylation is 1. The number of nitrogens with two attached hydrogens (primary N) is 1. The van der Waals surface area contributed by atoms with E-state index in [0.29, 0.717) is 11.3 Å². The molecule has 0 atom stereocenters. The molecule has 0 aliphatic heterocycles. The first-order valence-electron chi connectivity index (χ1n) is 6.50. The van der Waals surface area contributed by atoms with Crippen LogP contribution in [0.5, 0.6) is 0 Å². The fourth-order valence-corrected chi connectivity index (χ4v) is 2.85. The summed E-state index contributed by atoms with van der Waals surface area (Å²) >= 11 is 0.682. The molecule has 1 rings (SSSR count). The number of sulfonamides is 1. The van der Waals surface area contributed by atoms with Gasteiger partial charge in [0.15, 0.2) is 0 Å². The Balaban J connectivity index is 2.64. The van der Waals surface area contributed by atoms with E-state index in [-0.39, 0.29) is 22.1 Å². The number of carbonyl (C=O) groups is 2. The quantitative estimate of drug-likeness (QED) is 0.733. The van der Waals surface area contributed by atoms with E-state index in [0.717, 1.165) is 4.68 Å². The van der Waals surface area contributed by atoms with Crippen LogP contribution in [0.2, 0.25) is 0 Å². The number of hydrogen-bond acceptors (Lipinski definition) is 7. The lowest BCUT2D eigenvalue weighted by Gasteiger charge is -2.19. The van der Waals surface area contributed by atoms with Gasteiger partial charge in [0.1, 0.15) is 5.60 Å². The number of amides is 2. The number of rotatable bonds is 4. The van der Waals surface area contributed by atoms with E-state index in [9.17, 15) is 18.0 Å². The van der Waals surface area contributed by atoms with E-state index in [4.69, 9.17) is 9.88 Å². The van der Waals surface area contributed by atoms with Gasteiger partial charge in [-0.15, -0.1) is 5.10 Å². The number of nitrogens with one attached hydrogen (secondary N) is 1. The summed E-state index contributed by atoms with van der Waals surface area (Å²) in [6.45, 7) is 5.21. The third-order valence-electron chi connectivity index (χ3n) is 2.16. The van der Waals surface area contributed by atoms with Gasteiger partial charge in [-0.2, -0.15) is 4.99 Å². The van der Waals surface area contributed by atoms with Crippen LogP contribution >= 0.6 is 11.3 Å². The Bertz CT molecular complexity index is 757. The molecule has 12 heteroatoms. The highest BCUT2D eigenvalue weighted by Crippen LogP contribution is 2.06. The molecule has 0 bridgehead atoms. The van der Waals surface area contributed by atoms with Crippen molar-refractivity contribution in [2.24, 2.45) is 17.2 Å². The van der Waals surface area contributed by atoms with Gasteiger partial charge in [0.25, 0.3) is 10.0 Å². The van der Waals surface area contributed by atoms with Crippen LogP contribution in [0.15, 0.2) is 9.33 Å². The smallest absolute Gasteiger partial charge is 0.407 e. The minimum Gasteiger partial charge on any atom is -0.444 e. The number of hydrogen-bond donors (Lipinski definition) is 2. The third-order valence-corrected chi connectivity index (χ3v) is 4.47. The summed E-state index contributed by atoms with van der Waals surface area (Å²) in [7, 11) is -2.50. The monoisotopic (exact) mass is 365 g/mol. The summed E-state index contributed by atoms with van der Waals surface area (Å²) in [5.74, 6) is -0.540. The topological polar surface area (TPSA) is 146 Å². The van der Waals surface area contributed by atoms with E-state index in [1.54, 1.807) is 20.8 Å². The molecule has 0 saturated carbocycles. The van der Waals surface area contributed by atoms with Crippen molar-refractivity contribution in [2.75, 3.05) is 6.54 Å². The minimum absolute atomic E-state index is 0.0435. The molecular formula is C11H19N5O5S2. The number of aromatic nitrogens is 2. The highest BCUT2D eigenvalue weighted by Gasteiger charge is 2.16. The number of nitrogens with zero attached hydrogens (tertiary/aromatic N) is 3. The maximum atomic E-state index is 11.7. The number of alkyl carbamates (subject to hydrolysis) is 1. The fourth-order valence-electron chi connectivity index (χ4n) is 1.29. The van der Waals surface area contributed by atoms with Gasteiger partial charge in [0.05, 0.1) is 0 Å². The number of primary sulfonamides is 1. The Morgan fingerprint density at radius 2 is 2.04 bits per heavy atom. The van der Waals surface area contributed by atoms with Gasteiger partial charge in [0, 0.05) is 20.0 Å². The molecule has 0 aromatic carbocycles. The molecule has 0 unspecified atom stereocenters. The van der Waals surface area contributed by atoms with Crippen LogP contribution in [0.25, 0.3) is 0 Å². The second-order valence-electron chi connectivity index (χ2n) is 5.50. The summed E-state index contributed by atoms with van der Waals surface area (Å²) in [6, 6.07) is 0. The molecule has 2 amide bonds. The largest absolute Gasteiger partial charge is 0.444 e. The van der Waals surface area contributed by atoms with Crippen molar-refractivity contribution in [1.29, 1.82) is 0 Å². The highest BCUT2D eigenvalue weighted by molar-refractivity contribution is 7.91. The van der Waals surface area contributed by atoms with Crippen LogP contribution in [0, 0.1) is 0 Å². The first-order valence-corrected chi connectivity index (χ1v) is 8.86. The Labute approximate surface area is 137 Å². The van der Waals surface area contributed by atoms with Crippen LogP contribution in [0.4, 0.5) is 4.79 Å². The van der Waals surface area contributed by atoms with Crippen LogP contribution in [-0.4, -0.2) is 42.3 Å². The average Bonchev–Trinajstić information content (AvgIpc) is 2.68. The lowest BCUT2D eigenvalue weighted by Crippen LogP contribution is -2.33. The van der Waals surface area contributed by atoms with Crippen molar-refractivity contribution < 1.29 is 22.7 Å². The molecule has 0 fully saturated rings. The molecule has 1 aromatic rings. The van der Waals surface area contributed by atoms with E-state index in [1.165, 1.54) is 7.05 Å². The molecule has 130 valence electrons. The number of ether oxygens (including phenoxy) is 1. The van der Waals surface area contributed by atoms with Gasteiger partial charge >= 0.3 is 6.09 Å². The van der Waals surface area contributed by atoms with Crippen molar-refractivity contribution in [3.8, 4) is 0 Å². The van der Waals surface area contributed by atoms with Crippen LogP contribution in [0.1, 0.15) is 27.2 Å². The molecular weight excluding hydrogens is 346 g/mol. The zero-order valence-corrected chi connectivity index (χ0v) is 14.8. The molecule has 0 aliphatic carbocycles. The Hall–Kier alpha value is -1.79. The average molecular weight is 365 g/mol. The first kappa shape index (κ1) is 19.3. The predicted molar refractivity (Wildman–Crippen MR) is 81.9 cm³/mol. The van der Waals surface area contributed by atoms with Crippen LogP contribution in [0.3, 0.4) is 0 Å². The Kier molecular flexibility index (Phi) is 6.02. The van der Waals surface area contributed by atoms with E-state index in [2.05, 4.69) is 15.4 Å². The van der Waals surface area contributed by atoms with Gasteiger partial charge in [-0.3, -0.25) is 4.79 Å². The molecule has 0 saturated heterocycles. The van der Waals surface area contributed by atoms with E-state index < -0.39 is 27.6 Å². The molecule has 0 aliphatic rings. The molecule has 3 N–H and O–H groups in total. The second-order valence-corrected chi connectivity index (χ2v) is 8.19. The first-order chi connectivity index (χ1) is 10.4. The van der Waals surface area contributed by atoms with Gasteiger partial charge < -0.3 is 10.1 Å². The summed E-state index contributed by atoms with van der Waals surface area (Å²) in [5, 5.41) is 11.0. The lowest BCUT2D eigenvalue weighted by molar-refractivity contribution is -0.118. The van der Waals surface area contributed by atoms with Crippen molar-refractivity contribution in [1.82, 2.24) is 15.1 Å². The van der Waals surface area contributed by atoms with Gasteiger partial charge in [-0.05, 0) is 20.8 Å². The van der Waals surface area contributed by atoms with Crippen LogP contribution in [-0.2, 0) is 26.6 Å². The highest BCUT2D eigenvalue weighted by atomic mass is 32.2. The predicted octanol–water partition coefficient (Wildman–Crippen LogP) is -0.529. The molecule has 0 radical (unpaired) electrons. The Morgan fingerprint density at radius 1 is 1.43 bits per heavy atom. The molecule has 23 heavy (non-hydrogen) atoms. The van der Waals surface area contributed by atoms with Crippen molar-refractivity contribution in [2.45, 2.75) is 37.1 Å². The van der Waals surface area contributed by atoms with Crippen molar-refractivity contribution >= 4 is 33.4 Å². The zero-order valence-electron chi connectivity index (χ0n) is 13.2. The van der Waals surface area contributed by atoms with Gasteiger partial charge in [-0.1, -0.05) is 11.3 Å². The lowest BCUT2D eigenvalue weighted by atomic mass is 10.2. The fraction of sp³-hybridized carbons (Fsp3) is 0.636. The van der Waals surface area contributed by atoms with Crippen molar-refractivity contribution in [3.05, 3.63) is 4.80 Å². The maximum Gasteiger partial charge on any atom is 0.407 e. The normalized spacial score (nSPS) is 13.0. The summed E-state index contributed by atoms with van der Waals surface area (Å²) in [4.78, 5) is 26.9. The molecule has 1 aromatic heterocycles.